The minimum atomic E-state index is -0.407. The van der Waals surface area contributed by atoms with Gasteiger partial charge in [0.05, 0.1) is 23.8 Å². The lowest BCUT2D eigenvalue weighted by atomic mass is 9.75. The highest BCUT2D eigenvalue weighted by Gasteiger charge is 2.28. The minimum absolute atomic E-state index is 0.0522. The molecule has 110 valence electrons. The maximum Gasteiger partial charge on any atom is 0.273 e. The Kier molecular flexibility index (Phi) is 4.16. The molecule has 0 saturated heterocycles. The van der Waals surface area contributed by atoms with Crippen molar-refractivity contribution in [2.75, 3.05) is 12.4 Å². The number of benzene rings is 1. The van der Waals surface area contributed by atoms with E-state index in [0.717, 1.165) is 18.5 Å². The van der Waals surface area contributed by atoms with Gasteiger partial charge < -0.3 is 10.1 Å². The van der Waals surface area contributed by atoms with Gasteiger partial charge >= 0.3 is 0 Å². The van der Waals surface area contributed by atoms with Crippen LogP contribution in [0.5, 0.6) is 5.75 Å². The van der Waals surface area contributed by atoms with Crippen molar-refractivity contribution in [1.82, 2.24) is 0 Å². The third-order valence-corrected chi connectivity index (χ3v) is 3.96. The first kappa shape index (κ1) is 14.6. The van der Waals surface area contributed by atoms with Gasteiger partial charge in [-0.3, -0.25) is 10.1 Å². The van der Waals surface area contributed by atoms with Crippen molar-refractivity contribution in [1.29, 1.82) is 0 Å². The first-order valence-corrected chi connectivity index (χ1v) is 7.00. The predicted molar refractivity (Wildman–Crippen MR) is 79.3 cm³/mol. The summed E-state index contributed by atoms with van der Waals surface area (Å²) in [5.74, 6) is 0.530. The number of non-ortho nitro benzene ring substituents is 1. The number of methoxy groups -OCH3 is 1. The molecule has 1 aliphatic rings. The molecule has 0 amide bonds. The van der Waals surface area contributed by atoms with Crippen LogP contribution in [-0.2, 0) is 0 Å². The lowest BCUT2D eigenvalue weighted by molar-refractivity contribution is -0.384. The molecule has 5 heteroatoms. The molecule has 0 spiro atoms. The quantitative estimate of drug-likeness (QED) is 0.668. The van der Waals surface area contributed by atoms with Crippen LogP contribution in [0.3, 0.4) is 0 Å². The minimum Gasteiger partial charge on any atom is -0.494 e. The molecule has 0 bridgehead atoms. The van der Waals surface area contributed by atoms with Gasteiger partial charge in [-0.25, -0.2) is 0 Å². The highest BCUT2D eigenvalue weighted by atomic mass is 16.6. The van der Waals surface area contributed by atoms with Crippen molar-refractivity contribution in [3.8, 4) is 5.75 Å². The average Bonchev–Trinajstić information content (AvgIpc) is 2.37. The van der Waals surface area contributed by atoms with Crippen molar-refractivity contribution in [3.05, 3.63) is 28.3 Å². The fourth-order valence-corrected chi connectivity index (χ4v) is 2.95. The summed E-state index contributed by atoms with van der Waals surface area (Å²) in [4.78, 5) is 10.4. The zero-order valence-corrected chi connectivity index (χ0v) is 12.3. The number of nitro benzene ring substituents is 1. The normalized spacial score (nSPS) is 21.2. The molecule has 1 aromatic rings. The molecular formula is C15H22N2O3. The zero-order valence-electron chi connectivity index (χ0n) is 12.3. The number of anilines is 1. The van der Waals surface area contributed by atoms with Gasteiger partial charge in [-0.2, -0.15) is 0 Å². The van der Waals surface area contributed by atoms with E-state index in [0.29, 0.717) is 17.2 Å². The summed E-state index contributed by atoms with van der Waals surface area (Å²) in [5, 5.41) is 14.3. The highest BCUT2D eigenvalue weighted by Crippen LogP contribution is 2.38. The number of nitrogens with one attached hydrogen (secondary N) is 1. The van der Waals surface area contributed by atoms with Crippen LogP contribution in [0.4, 0.5) is 11.4 Å². The van der Waals surface area contributed by atoms with E-state index in [-0.39, 0.29) is 5.69 Å². The molecule has 1 fully saturated rings. The van der Waals surface area contributed by atoms with E-state index < -0.39 is 4.92 Å². The van der Waals surface area contributed by atoms with Crippen molar-refractivity contribution in [3.63, 3.8) is 0 Å². The van der Waals surface area contributed by atoms with Gasteiger partial charge in [-0.15, -0.1) is 0 Å². The van der Waals surface area contributed by atoms with Gasteiger partial charge in [0, 0.05) is 12.1 Å². The van der Waals surface area contributed by atoms with E-state index in [1.165, 1.54) is 32.1 Å². The van der Waals surface area contributed by atoms with Crippen LogP contribution in [0.1, 0.15) is 39.5 Å². The molecule has 0 aromatic heterocycles. The van der Waals surface area contributed by atoms with Crippen LogP contribution >= 0.6 is 0 Å². The fourth-order valence-electron chi connectivity index (χ4n) is 2.95. The molecule has 0 heterocycles. The molecule has 1 atom stereocenters. The van der Waals surface area contributed by atoms with Gasteiger partial charge in [-0.1, -0.05) is 20.3 Å². The van der Waals surface area contributed by atoms with Crippen molar-refractivity contribution in [2.24, 2.45) is 5.41 Å². The van der Waals surface area contributed by atoms with Crippen LogP contribution in [0.2, 0.25) is 0 Å². The van der Waals surface area contributed by atoms with Crippen LogP contribution in [-0.4, -0.2) is 18.1 Å². The van der Waals surface area contributed by atoms with Gasteiger partial charge in [0.15, 0.2) is 0 Å². The number of hydrogen-bond donors (Lipinski definition) is 1. The Morgan fingerprint density at radius 1 is 1.45 bits per heavy atom. The third-order valence-electron chi connectivity index (χ3n) is 3.96. The molecule has 1 N–H and O–H groups in total. The fraction of sp³-hybridized carbons (Fsp3) is 0.600. The second-order valence-corrected chi connectivity index (χ2v) is 6.24. The number of hydrogen-bond acceptors (Lipinski definition) is 4. The number of nitro groups is 1. The van der Waals surface area contributed by atoms with E-state index in [2.05, 4.69) is 19.2 Å². The Hall–Kier alpha value is -1.78. The second kappa shape index (κ2) is 5.69. The molecule has 1 unspecified atom stereocenters. The number of nitrogens with zero attached hydrogens (tertiary/aromatic N) is 1. The van der Waals surface area contributed by atoms with Gasteiger partial charge in [0.1, 0.15) is 5.75 Å². The number of ether oxygens (including phenoxy) is 1. The summed E-state index contributed by atoms with van der Waals surface area (Å²) >= 11 is 0. The molecule has 0 radical (unpaired) electrons. The Morgan fingerprint density at radius 3 is 2.80 bits per heavy atom. The van der Waals surface area contributed by atoms with E-state index in [1.54, 1.807) is 6.07 Å². The second-order valence-electron chi connectivity index (χ2n) is 6.24. The maximum absolute atomic E-state index is 10.8. The highest BCUT2D eigenvalue weighted by molar-refractivity contribution is 5.61. The molecule has 1 aromatic carbocycles. The summed E-state index contributed by atoms with van der Waals surface area (Å²) in [7, 11) is 1.54. The summed E-state index contributed by atoms with van der Waals surface area (Å²) in [6.45, 7) is 4.57. The summed E-state index contributed by atoms with van der Waals surface area (Å²) in [6.07, 6.45) is 4.69. The Labute approximate surface area is 119 Å². The lowest BCUT2D eigenvalue weighted by Gasteiger charge is -2.36. The van der Waals surface area contributed by atoms with E-state index >= 15 is 0 Å². The topological polar surface area (TPSA) is 64.4 Å². The van der Waals surface area contributed by atoms with Crippen LogP contribution in [0.25, 0.3) is 0 Å². The van der Waals surface area contributed by atoms with E-state index in [4.69, 9.17) is 4.74 Å². The third kappa shape index (κ3) is 3.40. The smallest absolute Gasteiger partial charge is 0.273 e. The van der Waals surface area contributed by atoms with Gasteiger partial charge in [0.2, 0.25) is 0 Å². The first-order valence-electron chi connectivity index (χ1n) is 7.00. The molecule has 0 aliphatic heterocycles. The van der Waals surface area contributed by atoms with Crippen molar-refractivity contribution >= 4 is 11.4 Å². The van der Waals surface area contributed by atoms with Crippen LogP contribution in [0.15, 0.2) is 18.2 Å². The zero-order chi connectivity index (χ0) is 14.8. The van der Waals surface area contributed by atoms with Crippen LogP contribution < -0.4 is 10.1 Å². The molecule has 5 nitrogen and oxygen atoms in total. The molecule has 2 rings (SSSR count). The number of rotatable bonds is 4. The Balaban J connectivity index is 2.14. The summed E-state index contributed by atoms with van der Waals surface area (Å²) in [6, 6.07) is 5.11. The molecule has 1 aliphatic carbocycles. The van der Waals surface area contributed by atoms with Crippen LogP contribution in [0, 0.1) is 15.5 Å². The van der Waals surface area contributed by atoms with E-state index in [1.807, 2.05) is 0 Å². The SMILES string of the molecule is COc1cc([N+](=O)[O-])ccc1NC1CCCC(C)(C)C1. The van der Waals surface area contributed by atoms with Gasteiger partial charge in [0.25, 0.3) is 5.69 Å². The van der Waals surface area contributed by atoms with Crippen molar-refractivity contribution < 1.29 is 9.66 Å². The molecule has 1 saturated carbocycles. The first-order chi connectivity index (χ1) is 9.41. The summed E-state index contributed by atoms with van der Waals surface area (Å²) in [5.41, 5.74) is 1.24. The van der Waals surface area contributed by atoms with Crippen molar-refractivity contribution in [2.45, 2.75) is 45.6 Å². The summed E-state index contributed by atoms with van der Waals surface area (Å²) < 4.78 is 5.26. The largest absolute Gasteiger partial charge is 0.494 e. The predicted octanol–water partition coefficient (Wildman–Crippen LogP) is 3.98. The molecule has 20 heavy (non-hydrogen) atoms. The maximum atomic E-state index is 10.8. The molecular weight excluding hydrogens is 256 g/mol. The Morgan fingerprint density at radius 2 is 2.20 bits per heavy atom. The van der Waals surface area contributed by atoms with E-state index in [9.17, 15) is 10.1 Å². The standard InChI is InChI=1S/C15H22N2O3/c1-15(2)8-4-5-11(10-15)16-13-7-6-12(17(18)19)9-14(13)20-3/h6-7,9,11,16H,4-5,8,10H2,1-3H3. The average molecular weight is 278 g/mol. The van der Waals surface area contributed by atoms with Gasteiger partial charge in [-0.05, 0) is 30.7 Å². The Bertz CT molecular complexity index is 500. The monoisotopic (exact) mass is 278 g/mol. The lowest BCUT2D eigenvalue weighted by Crippen LogP contribution is -2.31.